The Labute approximate surface area is 120 Å². The predicted molar refractivity (Wildman–Crippen MR) is 75.1 cm³/mol. The van der Waals surface area contributed by atoms with Crippen molar-refractivity contribution in [3.8, 4) is 0 Å². The van der Waals surface area contributed by atoms with E-state index in [9.17, 15) is 9.18 Å². The molecule has 0 bridgehead atoms. The third kappa shape index (κ3) is 4.36. The van der Waals surface area contributed by atoms with Crippen LogP contribution in [0.15, 0.2) is 41.0 Å². The molecule has 6 heteroatoms. The molecule has 0 unspecified atom stereocenters. The van der Waals surface area contributed by atoms with Gasteiger partial charge in [-0.05, 0) is 30.3 Å². The number of hydrogen-bond donors (Lipinski definition) is 2. The summed E-state index contributed by atoms with van der Waals surface area (Å²) in [4.78, 5) is 11.7. The molecule has 1 aromatic carbocycles. The van der Waals surface area contributed by atoms with Gasteiger partial charge in [0, 0.05) is 18.7 Å². The van der Waals surface area contributed by atoms with Crippen molar-refractivity contribution in [3.63, 3.8) is 0 Å². The molecule has 1 heterocycles. The fourth-order valence-electron chi connectivity index (χ4n) is 1.62. The molecular formula is C14H14ClFN2O2. The number of hydrogen-bond acceptors (Lipinski definition) is 3. The first kappa shape index (κ1) is 14.6. The van der Waals surface area contributed by atoms with Gasteiger partial charge in [0.15, 0.2) is 0 Å². The van der Waals surface area contributed by atoms with E-state index in [1.54, 1.807) is 6.26 Å². The van der Waals surface area contributed by atoms with Gasteiger partial charge in [0.25, 0.3) is 0 Å². The minimum absolute atomic E-state index is 0.0151. The predicted octanol–water partition coefficient (Wildman–Crippen LogP) is 3.19. The summed E-state index contributed by atoms with van der Waals surface area (Å²) in [6.45, 7) is 1.09. The van der Waals surface area contributed by atoms with Crippen LogP contribution in [0.1, 0.15) is 12.2 Å². The quantitative estimate of drug-likeness (QED) is 0.805. The average molecular weight is 297 g/mol. The highest BCUT2D eigenvalue weighted by Gasteiger charge is 2.05. The van der Waals surface area contributed by atoms with Crippen LogP contribution in [0.3, 0.4) is 0 Å². The van der Waals surface area contributed by atoms with Crippen molar-refractivity contribution >= 4 is 23.2 Å². The Morgan fingerprint density at radius 3 is 2.90 bits per heavy atom. The van der Waals surface area contributed by atoms with E-state index in [1.165, 1.54) is 18.2 Å². The number of furan rings is 1. The summed E-state index contributed by atoms with van der Waals surface area (Å²) >= 11 is 5.63. The summed E-state index contributed by atoms with van der Waals surface area (Å²) in [5, 5.41) is 5.72. The van der Waals surface area contributed by atoms with Gasteiger partial charge in [-0.1, -0.05) is 11.6 Å². The molecule has 0 aliphatic heterocycles. The number of halogens is 2. The summed E-state index contributed by atoms with van der Waals surface area (Å²) in [6, 6.07) is 7.73. The third-order valence-corrected chi connectivity index (χ3v) is 2.90. The smallest absolute Gasteiger partial charge is 0.225 e. The second-order valence-corrected chi connectivity index (χ2v) is 4.59. The molecule has 2 rings (SSSR count). The number of amides is 1. The molecule has 2 aromatic rings. The first-order valence-corrected chi connectivity index (χ1v) is 6.51. The van der Waals surface area contributed by atoms with Gasteiger partial charge < -0.3 is 15.1 Å². The molecule has 0 saturated heterocycles. The monoisotopic (exact) mass is 296 g/mol. The minimum Gasteiger partial charge on any atom is -0.468 e. The van der Waals surface area contributed by atoms with Crippen molar-refractivity contribution in [3.05, 3.63) is 53.2 Å². The second kappa shape index (κ2) is 7.07. The average Bonchev–Trinajstić information content (AvgIpc) is 2.92. The Morgan fingerprint density at radius 2 is 2.20 bits per heavy atom. The van der Waals surface area contributed by atoms with Crippen molar-refractivity contribution in [1.82, 2.24) is 5.32 Å². The van der Waals surface area contributed by atoms with Crippen molar-refractivity contribution in [2.24, 2.45) is 0 Å². The van der Waals surface area contributed by atoms with E-state index in [1.807, 2.05) is 12.1 Å². The van der Waals surface area contributed by atoms with Crippen LogP contribution in [0.2, 0.25) is 5.02 Å². The Kier molecular flexibility index (Phi) is 5.15. The molecule has 2 N–H and O–H groups in total. The molecule has 1 amide bonds. The van der Waals surface area contributed by atoms with E-state index in [-0.39, 0.29) is 10.9 Å². The van der Waals surface area contributed by atoms with Gasteiger partial charge >= 0.3 is 0 Å². The van der Waals surface area contributed by atoms with Gasteiger partial charge in [-0.3, -0.25) is 4.79 Å². The van der Waals surface area contributed by atoms with Crippen molar-refractivity contribution in [2.45, 2.75) is 13.0 Å². The fourth-order valence-corrected chi connectivity index (χ4v) is 1.80. The molecule has 0 aliphatic carbocycles. The molecule has 1 aromatic heterocycles. The van der Waals surface area contributed by atoms with Gasteiger partial charge in [-0.15, -0.1) is 0 Å². The van der Waals surface area contributed by atoms with Crippen LogP contribution in [-0.2, 0) is 11.3 Å². The molecule has 0 atom stereocenters. The lowest BCUT2D eigenvalue weighted by Crippen LogP contribution is -2.21. The molecule has 0 fully saturated rings. The molecule has 20 heavy (non-hydrogen) atoms. The van der Waals surface area contributed by atoms with Crippen LogP contribution in [0.4, 0.5) is 10.1 Å². The van der Waals surface area contributed by atoms with Crippen molar-refractivity contribution in [1.29, 1.82) is 0 Å². The van der Waals surface area contributed by atoms with Crippen LogP contribution in [0.25, 0.3) is 0 Å². The molecule has 4 nitrogen and oxygen atoms in total. The molecule has 0 spiro atoms. The van der Waals surface area contributed by atoms with E-state index in [2.05, 4.69) is 10.6 Å². The van der Waals surface area contributed by atoms with Gasteiger partial charge in [-0.2, -0.15) is 0 Å². The summed E-state index contributed by atoms with van der Waals surface area (Å²) < 4.78 is 18.1. The first-order chi connectivity index (χ1) is 9.65. The highest BCUT2D eigenvalue weighted by Crippen LogP contribution is 2.19. The topological polar surface area (TPSA) is 54.3 Å². The van der Waals surface area contributed by atoms with Gasteiger partial charge in [0.05, 0.1) is 17.8 Å². The normalized spacial score (nSPS) is 10.5. The van der Waals surface area contributed by atoms with E-state index in [4.69, 9.17) is 16.0 Å². The van der Waals surface area contributed by atoms with E-state index in [0.717, 1.165) is 5.76 Å². The Morgan fingerprint density at radius 1 is 1.35 bits per heavy atom. The number of anilines is 1. The minimum atomic E-state index is -0.509. The molecule has 106 valence electrons. The van der Waals surface area contributed by atoms with Crippen molar-refractivity contribution < 1.29 is 13.6 Å². The van der Waals surface area contributed by atoms with Crippen LogP contribution in [-0.4, -0.2) is 12.5 Å². The summed E-state index contributed by atoms with van der Waals surface area (Å²) in [5.74, 6) is 0.139. The lowest BCUT2D eigenvalue weighted by molar-refractivity contribution is -0.116. The zero-order chi connectivity index (χ0) is 14.4. The molecular weight excluding hydrogens is 283 g/mol. The van der Waals surface area contributed by atoms with Crippen LogP contribution in [0.5, 0.6) is 0 Å². The second-order valence-electron chi connectivity index (χ2n) is 4.18. The number of rotatable bonds is 6. The Bertz CT molecular complexity index is 573. The zero-order valence-electron chi connectivity index (χ0n) is 10.7. The standard InChI is InChI=1S/C14H14ClFN2O2/c15-12-8-10(3-4-13(12)16)18-14(19)5-6-17-9-11-2-1-7-20-11/h1-4,7-8,17H,5-6,9H2,(H,18,19). The lowest BCUT2D eigenvalue weighted by atomic mass is 10.3. The van der Waals surface area contributed by atoms with Crippen LogP contribution in [0, 0.1) is 5.82 Å². The number of benzene rings is 1. The van der Waals surface area contributed by atoms with E-state index >= 15 is 0 Å². The zero-order valence-corrected chi connectivity index (χ0v) is 11.4. The SMILES string of the molecule is O=C(CCNCc1ccco1)Nc1ccc(F)c(Cl)c1. The molecule has 0 aliphatic rings. The van der Waals surface area contributed by atoms with Gasteiger partial charge in [0.2, 0.25) is 5.91 Å². The van der Waals surface area contributed by atoms with Gasteiger partial charge in [0.1, 0.15) is 11.6 Å². The van der Waals surface area contributed by atoms with Crippen molar-refractivity contribution in [2.75, 3.05) is 11.9 Å². The maximum absolute atomic E-state index is 13.0. The largest absolute Gasteiger partial charge is 0.468 e. The highest BCUT2D eigenvalue weighted by molar-refractivity contribution is 6.31. The number of nitrogens with one attached hydrogen (secondary N) is 2. The number of carbonyl (C=O) groups is 1. The van der Waals surface area contributed by atoms with Gasteiger partial charge in [-0.25, -0.2) is 4.39 Å². The molecule has 0 saturated carbocycles. The van der Waals surface area contributed by atoms with Crippen LogP contribution >= 0.6 is 11.6 Å². The van der Waals surface area contributed by atoms with E-state index < -0.39 is 5.82 Å². The third-order valence-electron chi connectivity index (χ3n) is 2.61. The summed E-state index contributed by atoms with van der Waals surface area (Å²) in [7, 11) is 0. The molecule has 0 radical (unpaired) electrons. The summed E-state index contributed by atoms with van der Waals surface area (Å²) in [5.41, 5.74) is 0.479. The fraction of sp³-hybridized carbons (Fsp3) is 0.214. The van der Waals surface area contributed by atoms with Crippen LogP contribution < -0.4 is 10.6 Å². The maximum atomic E-state index is 13.0. The summed E-state index contributed by atoms with van der Waals surface area (Å²) in [6.07, 6.45) is 1.90. The Hall–Kier alpha value is -1.85. The lowest BCUT2D eigenvalue weighted by Gasteiger charge is -2.06. The first-order valence-electron chi connectivity index (χ1n) is 6.13. The number of carbonyl (C=O) groups excluding carboxylic acids is 1. The maximum Gasteiger partial charge on any atom is 0.225 e. The Balaban J connectivity index is 1.71. The van der Waals surface area contributed by atoms with E-state index in [0.29, 0.717) is 25.2 Å². The highest BCUT2D eigenvalue weighted by atomic mass is 35.5.